The van der Waals surface area contributed by atoms with Gasteiger partial charge in [-0.05, 0) is 33.9 Å². The Hall–Kier alpha value is -1.29. The molecule has 0 N–H and O–H groups in total. The molecule has 0 atom stereocenters. The Balaban J connectivity index is 2.55. The Morgan fingerprint density at radius 3 is 2.38 bits per heavy atom. The summed E-state index contributed by atoms with van der Waals surface area (Å²) in [7, 11) is 0. The van der Waals surface area contributed by atoms with E-state index in [1.54, 1.807) is 0 Å². The molecule has 16 heavy (non-hydrogen) atoms. The van der Waals surface area contributed by atoms with Crippen molar-refractivity contribution in [1.82, 2.24) is 0 Å². The van der Waals surface area contributed by atoms with Crippen LogP contribution in [0.15, 0.2) is 18.2 Å². The van der Waals surface area contributed by atoms with E-state index in [1.165, 1.54) is 17.5 Å². The molecule has 84 valence electrons. The lowest BCUT2D eigenvalue weighted by atomic mass is 9.82. The minimum atomic E-state index is 0.240. The van der Waals surface area contributed by atoms with Crippen LogP contribution in [0.1, 0.15) is 50.8 Å². The lowest BCUT2D eigenvalue weighted by Gasteiger charge is -2.22. The van der Waals surface area contributed by atoms with Gasteiger partial charge in [0, 0.05) is 0 Å². The maximum atomic E-state index is 8.75. The van der Waals surface area contributed by atoms with Crippen LogP contribution >= 0.6 is 0 Å². The minimum Gasteiger partial charge on any atom is -0.198 e. The number of hydrogen-bond acceptors (Lipinski definition) is 1. The average molecular weight is 213 g/mol. The topological polar surface area (TPSA) is 23.8 Å². The van der Waals surface area contributed by atoms with Crippen molar-refractivity contribution >= 4 is 0 Å². The minimum absolute atomic E-state index is 0.240. The lowest BCUT2D eigenvalue weighted by molar-refractivity contribution is 0.403. The van der Waals surface area contributed by atoms with Gasteiger partial charge in [0.05, 0.1) is 12.5 Å². The Morgan fingerprint density at radius 1 is 1.12 bits per heavy atom. The lowest BCUT2D eigenvalue weighted by Crippen LogP contribution is -2.17. The number of benzene rings is 1. The summed E-state index contributed by atoms with van der Waals surface area (Å²) in [6.45, 7) is 9.22. The summed E-state index contributed by atoms with van der Waals surface area (Å²) in [4.78, 5) is 0. The molecule has 1 aromatic carbocycles. The smallest absolute Gasteiger partial charge is 0.0669 e. The van der Waals surface area contributed by atoms with Gasteiger partial charge in [-0.1, -0.05) is 45.9 Å². The van der Waals surface area contributed by atoms with Crippen LogP contribution < -0.4 is 0 Å². The predicted octanol–water partition coefficient (Wildman–Crippen LogP) is 3.71. The summed E-state index contributed by atoms with van der Waals surface area (Å²) in [5.41, 5.74) is 4.55. The molecule has 0 saturated heterocycles. The Bertz CT molecular complexity index is 461. The predicted molar refractivity (Wildman–Crippen MR) is 66.4 cm³/mol. The Labute approximate surface area is 98.1 Å². The molecule has 0 aromatic heterocycles. The molecule has 1 aliphatic carbocycles. The molecule has 1 aliphatic rings. The molecule has 0 bridgehead atoms. The summed E-state index contributed by atoms with van der Waals surface area (Å²) < 4.78 is 0. The van der Waals surface area contributed by atoms with Gasteiger partial charge >= 0.3 is 0 Å². The van der Waals surface area contributed by atoms with E-state index in [0.29, 0.717) is 6.42 Å². The molecule has 0 amide bonds. The van der Waals surface area contributed by atoms with Crippen molar-refractivity contribution < 1.29 is 0 Å². The van der Waals surface area contributed by atoms with Gasteiger partial charge in [0.25, 0.3) is 0 Å². The number of nitriles is 1. The first-order valence-electron chi connectivity index (χ1n) is 5.88. The zero-order chi connectivity index (χ0) is 12.0. The van der Waals surface area contributed by atoms with Crippen molar-refractivity contribution in [2.75, 3.05) is 0 Å². The van der Waals surface area contributed by atoms with E-state index >= 15 is 0 Å². The fraction of sp³-hybridized carbons (Fsp3) is 0.533. The van der Waals surface area contributed by atoms with Crippen LogP contribution in [0.4, 0.5) is 0 Å². The molecule has 0 spiro atoms. The highest BCUT2D eigenvalue weighted by Gasteiger charge is 2.41. The van der Waals surface area contributed by atoms with E-state index in [9.17, 15) is 0 Å². The SMILES string of the molecule is CC1(C)CC(C)(C)c2cc(CC#N)ccc21. The Morgan fingerprint density at radius 2 is 1.75 bits per heavy atom. The van der Waals surface area contributed by atoms with Crippen molar-refractivity contribution in [3.8, 4) is 6.07 Å². The highest BCUT2D eigenvalue weighted by atomic mass is 14.5. The molecule has 0 fully saturated rings. The van der Waals surface area contributed by atoms with Crippen LogP contribution in [0, 0.1) is 11.3 Å². The summed E-state index contributed by atoms with van der Waals surface area (Å²) >= 11 is 0. The van der Waals surface area contributed by atoms with Crippen LogP contribution in [0.3, 0.4) is 0 Å². The standard InChI is InChI=1S/C15H19N/c1-14(2)10-15(3,4)13-9-11(7-8-16)5-6-12(13)14/h5-6,9H,7,10H2,1-4H3. The van der Waals surface area contributed by atoms with Gasteiger partial charge in [-0.3, -0.25) is 0 Å². The third-order valence-electron chi connectivity index (χ3n) is 3.71. The van der Waals surface area contributed by atoms with Crippen LogP contribution in [-0.4, -0.2) is 0 Å². The van der Waals surface area contributed by atoms with E-state index in [2.05, 4.69) is 52.0 Å². The average Bonchev–Trinajstić information content (AvgIpc) is 2.33. The second kappa shape index (κ2) is 3.35. The zero-order valence-corrected chi connectivity index (χ0v) is 10.6. The molecule has 0 unspecified atom stereocenters. The fourth-order valence-electron chi connectivity index (χ4n) is 3.24. The van der Waals surface area contributed by atoms with Crippen molar-refractivity contribution in [2.45, 2.75) is 51.4 Å². The third-order valence-corrected chi connectivity index (χ3v) is 3.71. The van der Waals surface area contributed by atoms with Crippen LogP contribution in [0.2, 0.25) is 0 Å². The second-order valence-corrected chi connectivity index (χ2v) is 6.16. The highest BCUT2D eigenvalue weighted by molar-refractivity contribution is 5.46. The largest absolute Gasteiger partial charge is 0.198 e. The normalized spacial score (nSPS) is 20.2. The molecule has 0 heterocycles. The molecular weight excluding hydrogens is 194 g/mol. The summed E-state index contributed by atoms with van der Waals surface area (Å²) in [5, 5.41) is 8.75. The maximum Gasteiger partial charge on any atom is 0.0669 e. The van der Waals surface area contributed by atoms with E-state index < -0.39 is 0 Å². The van der Waals surface area contributed by atoms with Gasteiger partial charge in [-0.2, -0.15) is 5.26 Å². The van der Waals surface area contributed by atoms with Gasteiger partial charge < -0.3 is 0 Å². The van der Waals surface area contributed by atoms with E-state index in [4.69, 9.17) is 5.26 Å². The molecule has 1 heteroatoms. The first-order chi connectivity index (χ1) is 7.37. The van der Waals surface area contributed by atoms with E-state index in [0.717, 1.165) is 5.56 Å². The van der Waals surface area contributed by atoms with Crippen molar-refractivity contribution in [2.24, 2.45) is 0 Å². The molecular formula is C15H19N. The monoisotopic (exact) mass is 213 g/mol. The highest BCUT2D eigenvalue weighted by Crippen LogP contribution is 2.49. The molecule has 0 aliphatic heterocycles. The van der Waals surface area contributed by atoms with Gasteiger partial charge in [0.2, 0.25) is 0 Å². The van der Waals surface area contributed by atoms with Crippen LogP contribution in [0.5, 0.6) is 0 Å². The molecule has 1 aromatic rings. The van der Waals surface area contributed by atoms with Crippen LogP contribution in [-0.2, 0) is 17.3 Å². The van der Waals surface area contributed by atoms with E-state index in [1.807, 2.05) is 0 Å². The second-order valence-electron chi connectivity index (χ2n) is 6.16. The van der Waals surface area contributed by atoms with Crippen molar-refractivity contribution in [3.63, 3.8) is 0 Å². The molecule has 0 radical (unpaired) electrons. The first-order valence-corrected chi connectivity index (χ1v) is 5.88. The number of fused-ring (bicyclic) bond motifs is 1. The maximum absolute atomic E-state index is 8.75. The summed E-state index contributed by atoms with van der Waals surface area (Å²) in [6.07, 6.45) is 1.70. The third kappa shape index (κ3) is 1.63. The van der Waals surface area contributed by atoms with E-state index in [-0.39, 0.29) is 10.8 Å². The quantitative estimate of drug-likeness (QED) is 0.697. The molecule has 0 saturated carbocycles. The van der Waals surface area contributed by atoms with Crippen LogP contribution in [0.25, 0.3) is 0 Å². The summed E-state index contributed by atoms with van der Waals surface area (Å²) in [6, 6.07) is 8.77. The molecule has 1 nitrogen and oxygen atoms in total. The van der Waals surface area contributed by atoms with Gasteiger partial charge in [-0.15, -0.1) is 0 Å². The fourth-order valence-corrected chi connectivity index (χ4v) is 3.24. The number of rotatable bonds is 1. The number of nitrogens with zero attached hydrogens (tertiary/aromatic N) is 1. The number of hydrogen-bond donors (Lipinski definition) is 0. The Kier molecular flexibility index (Phi) is 2.35. The van der Waals surface area contributed by atoms with Crippen molar-refractivity contribution in [3.05, 3.63) is 34.9 Å². The zero-order valence-electron chi connectivity index (χ0n) is 10.6. The molecule has 2 rings (SSSR count). The first kappa shape index (κ1) is 11.2. The van der Waals surface area contributed by atoms with Gasteiger partial charge in [0.15, 0.2) is 0 Å². The van der Waals surface area contributed by atoms with Gasteiger partial charge in [0.1, 0.15) is 0 Å². The van der Waals surface area contributed by atoms with Gasteiger partial charge in [-0.25, -0.2) is 0 Å². The van der Waals surface area contributed by atoms with Crippen molar-refractivity contribution in [1.29, 1.82) is 5.26 Å². The summed E-state index contributed by atoms with van der Waals surface area (Å²) in [5.74, 6) is 0.